The number of hydrogen-bond donors (Lipinski definition) is 2. The SMILES string of the molecule is CC(C)C(NC1CCC(C)(C)CC1)C(N)=O. The van der Waals surface area contributed by atoms with Gasteiger partial charge in [0.1, 0.15) is 0 Å². The fourth-order valence-electron chi connectivity index (χ4n) is 2.42. The molecule has 0 spiro atoms. The number of carbonyl (C=O) groups is 1. The summed E-state index contributed by atoms with van der Waals surface area (Å²) in [6.45, 7) is 8.71. The first-order valence-corrected chi connectivity index (χ1v) is 6.37. The summed E-state index contributed by atoms with van der Waals surface area (Å²) >= 11 is 0. The van der Waals surface area contributed by atoms with Gasteiger partial charge in [-0.2, -0.15) is 0 Å². The van der Waals surface area contributed by atoms with E-state index in [1.807, 2.05) is 13.8 Å². The molecule has 0 aromatic carbocycles. The molecular weight excluding hydrogens is 200 g/mol. The molecule has 0 radical (unpaired) electrons. The Kier molecular flexibility index (Phi) is 4.36. The monoisotopic (exact) mass is 226 g/mol. The van der Waals surface area contributed by atoms with Crippen LogP contribution >= 0.6 is 0 Å². The number of nitrogens with one attached hydrogen (secondary N) is 1. The standard InChI is InChI=1S/C13H26N2O/c1-9(2)11(12(14)16)15-10-5-7-13(3,4)8-6-10/h9-11,15H,5-8H2,1-4H3,(H2,14,16). The molecule has 0 aromatic rings. The minimum atomic E-state index is -0.222. The van der Waals surface area contributed by atoms with Gasteiger partial charge in [0.15, 0.2) is 0 Å². The largest absolute Gasteiger partial charge is 0.368 e. The van der Waals surface area contributed by atoms with Crippen LogP contribution in [0.4, 0.5) is 0 Å². The molecule has 0 saturated heterocycles. The van der Waals surface area contributed by atoms with Crippen LogP contribution in [0.1, 0.15) is 53.4 Å². The van der Waals surface area contributed by atoms with E-state index in [0.717, 1.165) is 12.8 Å². The van der Waals surface area contributed by atoms with Gasteiger partial charge in [0, 0.05) is 6.04 Å². The molecule has 3 nitrogen and oxygen atoms in total. The first-order chi connectivity index (χ1) is 7.32. The summed E-state index contributed by atoms with van der Waals surface area (Å²) in [6, 6.07) is 0.291. The molecule has 0 aliphatic heterocycles. The third-order valence-electron chi connectivity index (χ3n) is 3.73. The van der Waals surface area contributed by atoms with E-state index in [0.29, 0.717) is 11.5 Å². The molecule has 3 N–H and O–H groups in total. The van der Waals surface area contributed by atoms with Crippen LogP contribution < -0.4 is 11.1 Å². The first-order valence-electron chi connectivity index (χ1n) is 6.37. The molecule has 0 heterocycles. The summed E-state index contributed by atoms with van der Waals surface area (Å²) in [5, 5.41) is 3.42. The van der Waals surface area contributed by atoms with Gasteiger partial charge in [-0.25, -0.2) is 0 Å². The molecular formula is C13H26N2O. The van der Waals surface area contributed by atoms with E-state index in [4.69, 9.17) is 5.73 Å². The second-order valence-electron chi connectivity index (χ2n) is 6.23. The zero-order chi connectivity index (χ0) is 12.3. The van der Waals surface area contributed by atoms with Crippen LogP contribution in [0.15, 0.2) is 0 Å². The lowest BCUT2D eigenvalue weighted by atomic mass is 9.75. The van der Waals surface area contributed by atoms with Crippen molar-refractivity contribution in [1.29, 1.82) is 0 Å². The highest BCUT2D eigenvalue weighted by Gasteiger charge is 2.29. The Morgan fingerprint density at radius 3 is 2.19 bits per heavy atom. The Bertz CT molecular complexity index is 238. The smallest absolute Gasteiger partial charge is 0.234 e. The van der Waals surface area contributed by atoms with E-state index in [9.17, 15) is 4.79 Å². The predicted octanol–water partition coefficient (Wildman–Crippen LogP) is 2.05. The minimum Gasteiger partial charge on any atom is -0.368 e. The summed E-state index contributed by atoms with van der Waals surface area (Å²) in [5.74, 6) is 0.0484. The zero-order valence-electron chi connectivity index (χ0n) is 11.0. The highest BCUT2D eigenvalue weighted by Crippen LogP contribution is 2.35. The third-order valence-corrected chi connectivity index (χ3v) is 3.73. The molecule has 1 aliphatic carbocycles. The number of rotatable bonds is 4. The average molecular weight is 226 g/mol. The summed E-state index contributed by atoms with van der Waals surface area (Å²) in [5.41, 5.74) is 5.88. The van der Waals surface area contributed by atoms with Gasteiger partial charge in [0.2, 0.25) is 5.91 Å². The molecule has 1 amide bonds. The van der Waals surface area contributed by atoms with Crippen molar-refractivity contribution in [3.8, 4) is 0 Å². The van der Waals surface area contributed by atoms with Gasteiger partial charge in [0.25, 0.3) is 0 Å². The maximum atomic E-state index is 11.3. The Balaban J connectivity index is 2.46. The van der Waals surface area contributed by atoms with Crippen molar-refractivity contribution in [2.24, 2.45) is 17.1 Å². The minimum absolute atomic E-state index is 0.175. The van der Waals surface area contributed by atoms with E-state index >= 15 is 0 Å². The summed E-state index contributed by atoms with van der Waals surface area (Å²) < 4.78 is 0. The van der Waals surface area contributed by atoms with Crippen molar-refractivity contribution in [3.05, 3.63) is 0 Å². The van der Waals surface area contributed by atoms with E-state index in [1.165, 1.54) is 12.8 Å². The molecule has 3 heteroatoms. The number of hydrogen-bond acceptors (Lipinski definition) is 2. The normalized spacial score (nSPS) is 23.3. The van der Waals surface area contributed by atoms with Gasteiger partial charge >= 0.3 is 0 Å². The second kappa shape index (κ2) is 5.17. The van der Waals surface area contributed by atoms with E-state index < -0.39 is 0 Å². The maximum Gasteiger partial charge on any atom is 0.234 e. The highest BCUT2D eigenvalue weighted by atomic mass is 16.1. The lowest BCUT2D eigenvalue weighted by Gasteiger charge is -2.36. The summed E-state index contributed by atoms with van der Waals surface area (Å²) in [4.78, 5) is 11.3. The molecule has 1 unspecified atom stereocenters. The van der Waals surface area contributed by atoms with E-state index in [2.05, 4.69) is 19.2 Å². The van der Waals surface area contributed by atoms with Gasteiger partial charge in [0.05, 0.1) is 6.04 Å². The van der Waals surface area contributed by atoms with Crippen molar-refractivity contribution >= 4 is 5.91 Å². The molecule has 94 valence electrons. The molecule has 1 saturated carbocycles. The number of nitrogens with two attached hydrogens (primary N) is 1. The molecule has 1 atom stereocenters. The number of primary amides is 1. The van der Waals surface area contributed by atoms with Crippen LogP contribution in [0.25, 0.3) is 0 Å². The Morgan fingerprint density at radius 1 is 1.31 bits per heavy atom. The van der Waals surface area contributed by atoms with Crippen LogP contribution in [-0.2, 0) is 4.79 Å². The van der Waals surface area contributed by atoms with E-state index in [-0.39, 0.29) is 17.9 Å². The van der Waals surface area contributed by atoms with Crippen LogP contribution in [0.2, 0.25) is 0 Å². The number of carbonyl (C=O) groups excluding carboxylic acids is 1. The van der Waals surface area contributed by atoms with Gasteiger partial charge in [-0.1, -0.05) is 27.7 Å². The van der Waals surface area contributed by atoms with Crippen molar-refractivity contribution in [3.63, 3.8) is 0 Å². The lowest BCUT2D eigenvalue weighted by molar-refractivity contribution is -0.121. The Labute approximate surface area is 99.2 Å². The maximum absolute atomic E-state index is 11.3. The highest BCUT2D eigenvalue weighted by molar-refractivity contribution is 5.80. The molecule has 0 aromatic heterocycles. The molecule has 16 heavy (non-hydrogen) atoms. The second-order valence-corrected chi connectivity index (χ2v) is 6.23. The fraction of sp³-hybridized carbons (Fsp3) is 0.923. The summed E-state index contributed by atoms with van der Waals surface area (Å²) in [6.07, 6.45) is 4.77. The molecule has 1 rings (SSSR count). The van der Waals surface area contributed by atoms with Gasteiger partial charge in [-0.05, 0) is 37.0 Å². The van der Waals surface area contributed by atoms with Crippen LogP contribution in [0, 0.1) is 11.3 Å². The Hall–Kier alpha value is -0.570. The van der Waals surface area contributed by atoms with Crippen molar-refractivity contribution in [1.82, 2.24) is 5.32 Å². The van der Waals surface area contributed by atoms with E-state index in [1.54, 1.807) is 0 Å². The van der Waals surface area contributed by atoms with Gasteiger partial charge in [-0.15, -0.1) is 0 Å². The fourth-order valence-corrected chi connectivity index (χ4v) is 2.42. The van der Waals surface area contributed by atoms with Crippen molar-refractivity contribution in [2.45, 2.75) is 65.5 Å². The molecule has 1 aliphatic rings. The number of amides is 1. The lowest BCUT2D eigenvalue weighted by Crippen LogP contribution is -2.50. The average Bonchev–Trinajstić information content (AvgIpc) is 2.15. The van der Waals surface area contributed by atoms with Crippen molar-refractivity contribution < 1.29 is 4.79 Å². The molecule has 0 bridgehead atoms. The quantitative estimate of drug-likeness (QED) is 0.771. The topological polar surface area (TPSA) is 55.1 Å². The van der Waals surface area contributed by atoms with Crippen molar-refractivity contribution in [2.75, 3.05) is 0 Å². The van der Waals surface area contributed by atoms with Crippen LogP contribution in [-0.4, -0.2) is 18.0 Å². The predicted molar refractivity (Wildman–Crippen MR) is 67.0 cm³/mol. The summed E-state index contributed by atoms with van der Waals surface area (Å²) in [7, 11) is 0. The van der Waals surface area contributed by atoms with Gasteiger partial charge in [-0.3, -0.25) is 4.79 Å². The van der Waals surface area contributed by atoms with Crippen LogP contribution in [0.3, 0.4) is 0 Å². The zero-order valence-corrected chi connectivity index (χ0v) is 11.0. The third kappa shape index (κ3) is 3.78. The van der Waals surface area contributed by atoms with Crippen LogP contribution in [0.5, 0.6) is 0 Å². The van der Waals surface area contributed by atoms with Gasteiger partial charge < -0.3 is 11.1 Å². The molecule has 1 fully saturated rings. The first kappa shape index (κ1) is 13.5. The Morgan fingerprint density at radius 2 is 1.81 bits per heavy atom.